The highest BCUT2D eigenvalue weighted by atomic mass is 16.5. The van der Waals surface area contributed by atoms with Crippen LogP contribution < -0.4 is 4.74 Å². The molecule has 7 rings (SSSR count). The third-order valence-corrected chi connectivity index (χ3v) is 8.03. The Balaban J connectivity index is 1.25. The zero-order valence-corrected chi connectivity index (χ0v) is 19.2. The lowest BCUT2D eigenvalue weighted by Crippen LogP contribution is -2.55. The van der Waals surface area contributed by atoms with Gasteiger partial charge in [-0.15, -0.1) is 0 Å². The number of hydrogen-bond donors (Lipinski definition) is 0. The highest BCUT2D eigenvalue weighted by molar-refractivity contribution is 6.04. The Morgan fingerprint density at radius 2 is 1.50 bits per heavy atom. The summed E-state index contributed by atoms with van der Waals surface area (Å²) in [6, 6.07) is 35.1. The topological polar surface area (TPSA) is 24.8 Å². The van der Waals surface area contributed by atoms with Crippen molar-refractivity contribution in [2.75, 3.05) is 0 Å². The van der Waals surface area contributed by atoms with E-state index in [-0.39, 0.29) is 11.8 Å². The molecule has 1 atom stereocenters. The second kappa shape index (κ2) is 7.73. The third-order valence-electron chi connectivity index (χ3n) is 8.03. The zero-order valence-electron chi connectivity index (χ0n) is 19.2. The molecule has 1 spiro atoms. The second-order valence-electron chi connectivity index (χ2n) is 9.94. The first kappa shape index (κ1) is 19.8. The lowest BCUT2D eigenvalue weighted by molar-refractivity contribution is -0.142. The van der Waals surface area contributed by atoms with E-state index in [9.17, 15) is 0 Å². The van der Waals surface area contributed by atoms with E-state index in [4.69, 9.17) is 9.84 Å². The second-order valence-corrected chi connectivity index (χ2v) is 9.94. The molecular formula is C31H28N2O. The van der Waals surface area contributed by atoms with Crippen molar-refractivity contribution in [3.8, 4) is 5.75 Å². The highest BCUT2D eigenvalue weighted by Crippen LogP contribution is 2.53. The van der Waals surface area contributed by atoms with Crippen LogP contribution in [0.2, 0.25) is 0 Å². The third kappa shape index (κ3) is 3.14. The molecule has 3 nitrogen and oxygen atoms in total. The lowest BCUT2D eigenvalue weighted by Gasteiger charge is -2.50. The van der Waals surface area contributed by atoms with Crippen LogP contribution in [0.3, 0.4) is 0 Å². The van der Waals surface area contributed by atoms with E-state index in [1.807, 2.05) is 0 Å². The van der Waals surface area contributed by atoms with Crippen LogP contribution in [0.4, 0.5) is 0 Å². The molecule has 0 amide bonds. The molecule has 0 N–H and O–H groups in total. The Kier molecular flexibility index (Phi) is 4.51. The van der Waals surface area contributed by atoms with Crippen molar-refractivity contribution in [3.05, 3.63) is 114 Å². The van der Waals surface area contributed by atoms with Gasteiger partial charge >= 0.3 is 0 Å². The zero-order chi connectivity index (χ0) is 22.5. The minimum absolute atomic E-state index is 0.236. The summed E-state index contributed by atoms with van der Waals surface area (Å²) in [4.78, 5) is 0. The molecule has 168 valence electrons. The first-order valence-corrected chi connectivity index (χ1v) is 12.5. The number of ether oxygens (including phenoxy) is 1. The lowest BCUT2D eigenvalue weighted by atomic mass is 9.78. The highest BCUT2D eigenvalue weighted by Gasteiger charge is 2.51. The van der Waals surface area contributed by atoms with E-state index in [2.05, 4.69) is 102 Å². The number of nitrogens with zero attached hydrogens (tertiary/aromatic N) is 2. The smallest absolute Gasteiger partial charge is 0.198 e. The van der Waals surface area contributed by atoms with E-state index in [0.29, 0.717) is 5.92 Å². The van der Waals surface area contributed by atoms with Gasteiger partial charge in [-0.05, 0) is 52.8 Å². The molecule has 0 saturated heterocycles. The average Bonchev–Trinajstić information content (AvgIpc) is 3.37. The van der Waals surface area contributed by atoms with Crippen molar-refractivity contribution >= 4 is 16.5 Å². The van der Waals surface area contributed by atoms with Crippen LogP contribution in [0.25, 0.3) is 10.8 Å². The Labute approximate surface area is 200 Å². The Morgan fingerprint density at radius 3 is 2.35 bits per heavy atom. The van der Waals surface area contributed by atoms with Crippen molar-refractivity contribution in [2.24, 2.45) is 5.10 Å². The number of para-hydroxylation sites is 1. The van der Waals surface area contributed by atoms with Gasteiger partial charge in [0.1, 0.15) is 5.75 Å². The van der Waals surface area contributed by atoms with Gasteiger partial charge in [0.15, 0.2) is 5.72 Å². The minimum atomic E-state index is -0.358. The molecule has 1 saturated carbocycles. The quantitative estimate of drug-likeness (QED) is 0.321. The number of rotatable bonds is 2. The Morgan fingerprint density at radius 1 is 0.765 bits per heavy atom. The van der Waals surface area contributed by atoms with Crippen molar-refractivity contribution < 1.29 is 4.74 Å². The van der Waals surface area contributed by atoms with Crippen LogP contribution in [0.1, 0.15) is 60.8 Å². The molecule has 4 aromatic carbocycles. The molecule has 1 aliphatic carbocycles. The van der Waals surface area contributed by atoms with E-state index in [1.165, 1.54) is 33.2 Å². The molecule has 34 heavy (non-hydrogen) atoms. The van der Waals surface area contributed by atoms with Crippen LogP contribution in [0.5, 0.6) is 5.75 Å². The first-order valence-electron chi connectivity index (χ1n) is 12.5. The summed E-state index contributed by atoms with van der Waals surface area (Å²) in [5.41, 5.74) is 4.74. The first-order chi connectivity index (χ1) is 16.8. The van der Waals surface area contributed by atoms with Crippen LogP contribution in [-0.4, -0.2) is 16.4 Å². The monoisotopic (exact) mass is 444 g/mol. The largest absolute Gasteiger partial charge is 0.466 e. The maximum Gasteiger partial charge on any atom is 0.198 e. The van der Waals surface area contributed by atoms with Crippen molar-refractivity contribution in [1.29, 1.82) is 0 Å². The molecule has 3 heteroatoms. The standard InChI is InChI=1S/C31H28N2O/c1-2-8-22(9-3-1)24-16-18-31(19-17-24)33-29(27-12-6-7-13-30(27)34-31)21-28(32-33)26-15-14-23-10-4-5-11-25(23)20-26/h1-15,20,24,29H,16-19,21H2. The van der Waals surface area contributed by atoms with Crippen molar-refractivity contribution in [3.63, 3.8) is 0 Å². The Bertz CT molecular complexity index is 1380. The van der Waals surface area contributed by atoms with Crippen LogP contribution >= 0.6 is 0 Å². The molecule has 4 aromatic rings. The predicted molar refractivity (Wildman–Crippen MR) is 137 cm³/mol. The molecular weight excluding hydrogens is 416 g/mol. The predicted octanol–water partition coefficient (Wildman–Crippen LogP) is 7.44. The fraction of sp³-hybridized carbons (Fsp3) is 0.258. The summed E-state index contributed by atoms with van der Waals surface area (Å²) in [5, 5.41) is 10.2. The fourth-order valence-electron chi connectivity index (χ4n) is 6.23. The summed E-state index contributed by atoms with van der Waals surface area (Å²) < 4.78 is 6.83. The fourth-order valence-corrected chi connectivity index (χ4v) is 6.23. The number of fused-ring (bicyclic) bond motifs is 5. The SMILES string of the molecule is c1ccc(C2CCC3(CC2)Oc2ccccc2C2CC(c4ccc5ccccc5c4)=NN23)cc1. The van der Waals surface area contributed by atoms with Crippen molar-refractivity contribution in [2.45, 2.75) is 49.8 Å². The molecule has 0 aromatic heterocycles. The van der Waals surface area contributed by atoms with Gasteiger partial charge in [-0.25, -0.2) is 5.01 Å². The van der Waals surface area contributed by atoms with E-state index in [0.717, 1.165) is 37.9 Å². The van der Waals surface area contributed by atoms with Crippen LogP contribution in [0.15, 0.2) is 102 Å². The molecule has 2 heterocycles. The Hall–Kier alpha value is -3.59. The van der Waals surface area contributed by atoms with E-state index in [1.54, 1.807) is 0 Å². The number of benzene rings is 4. The van der Waals surface area contributed by atoms with E-state index >= 15 is 0 Å². The molecule has 2 aliphatic heterocycles. The van der Waals surface area contributed by atoms with Gasteiger partial charge in [0.05, 0.1) is 11.8 Å². The van der Waals surface area contributed by atoms with Gasteiger partial charge in [-0.1, -0.05) is 84.9 Å². The van der Waals surface area contributed by atoms with Gasteiger partial charge < -0.3 is 4.74 Å². The molecule has 3 aliphatic rings. The van der Waals surface area contributed by atoms with Crippen molar-refractivity contribution in [1.82, 2.24) is 5.01 Å². The van der Waals surface area contributed by atoms with Gasteiger partial charge in [0.2, 0.25) is 0 Å². The number of hydrogen-bond acceptors (Lipinski definition) is 3. The number of hydrazone groups is 1. The molecule has 0 radical (unpaired) electrons. The summed E-state index contributed by atoms with van der Waals surface area (Å²) in [5.74, 6) is 1.63. The molecule has 1 unspecified atom stereocenters. The van der Waals surface area contributed by atoms with Gasteiger partial charge in [-0.2, -0.15) is 5.10 Å². The summed E-state index contributed by atoms with van der Waals surface area (Å²) in [7, 11) is 0. The normalized spacial score (nSPS) is 25.5. The average molecular weight is 445 g/mol. The van der Waals surface area contributed by atoms with Crippen LogP contribution in [-0.2, 0) is 0 Å². The van der Waals surface area contributed by atoms with Gasteiger partial charge in [-0.3, -0.25) is 0 Å². The van der Waals surface area contributed by atoms with Crippen LogP contribution in [0, 0.1) is 0 Å². The summed E-state index contributed by atoms with van der Waals surface area (Å²) in [6.45, 7) is 0. The van der Waals surface area contributed by atoms with Gasteiger partial charge in [0, 0.05) is 24.8 Å². The maximum atomic E-state index is 6.83. The van der Waals surface area contributed by atoms with E-state index < -0.39 is 0 Å². The molecule has 0 bridgehead atoms. The maximum absolute atomic E-state index is 6.83. The summed E-state index contributed by atoms with van der Waals surface area (Å²) >= 11 is 0. The summed E-state index contributed by atoms with van der Waals surface area (Å²) in [6.07, 6.45) is 5.15. The minimum Gasteiger partial charge on any atom is -0.466 e. The van der Waals surface area contributed by atoms with Gasteiger partial charge in [0.25, 0.3) is 0 Å². The molecule has 1 fully saturated rings.